The van der Waals surface area contributed by atoms with Gasteiger partial charge in [-0.25, -0.2) is 9.97 Å². The summed E-state index contributed by atoms with van der Waals surface area (Å²) in [6, 6.07) is 7.83. The quantitative estimate of drug-likeness (QED) is 0.411. The Kier molecular flexibility index (Phi) is 5.49. The van der Waals surface area contributed by atoms with Crippen LogP contribution in [0.15, 0.2) is 36.7 Å². The van der Waals surface area contributed by atoms with Gasteiger partial charge in [0.15, 0.2) is 11.4 Å². The molecule has 2 aromatic heterocycles. The summed E-state index contributed by atoms with van der Waals surface area (Å²) in [4.78, 5) is 21.0. The number of ether oxygens (including phenoxy) is 3. The molecule has 2 unspecified atom stereocenters. The smallest absolute Gasteiger partial charge is 0.219 e. The predicted molar refractivity (Wildman–Crippen MR) is 136 cm³/mol. The zero-order chi connectivity index (χ0) is 25.2. The Bertz CT molecular complexity index is 1150. The maximum absolute atomic E-state index is 12.4. The van der Waals surface area contributed by atoms with Gasteiger partial charge in [-0.05, 0) is 80.4 Å². The van der Waals surface area contributed by atoms with Crippen LogP contribution >= 0.6 is 0 Å². The first-order chi connectivity index (χ1) is 17.1. The largest absolute Gasteiger partial charge is 0.468 e. The molecule has 1 saturated heterocycles. The zero-order valence-corrected chi connectivity index (χ0v) is 22.0. The minimum atomic E-state index is -0.586. The fourth-order valence-corrected chi connectivity index (χ4v) is 6.38. The summed E-state index contributed by atoms with van der Waals surface area (Å²) in [5, 5.41) is 0. The van der Waals surface area contributed by atoms with Gasteiger partial charge in [0, 0.05) is 29.9 Å². The van der Waals surface area contributed by atoms with Crippen LogP contribution in [0.25, 0.3) is 0 Å². The lowest BCUT2D eigenvalue weighted by Crippen LogP contribution is -2.51. The SMILES string of the molecule is CC1(C)CCC2(CC1)Oc1ncccc1C1OC12.CC1(C)CCC2(CC1)Oc1ncccc1CC2=O. The molecule has 7 rings (SSSR count). The average molecular weight is 491 g/mol. The van der Waals surface area contributed by atoms with Crippen LogP contribution in [-0.4, -0.2) is 33.1 Å². The molecule has 2 aliphatic carbocycles. The lowest BCUT2D eigenvalue weighted by atomic mass is 9.68. The Morgan fingerprint density at radius 3 is 2.08 bits per heavy atom. The molecule has 3 fully saturated rings. The van der Waals surface area contributed by atoms with E-state index in [1.807, 2.05) is 24.4 Å². The van der Waals surface area contributed by atoms with Gasteiger partial charge < -0.3 is 14.2 Å². The third-order valence-electron chi connectivity index (χ3n) is 9.28. The highest BCUT2D eigenvalue weighted by atomic mass is 16.6. The van der Waals surface area contributed by atoms with E-state index in [1.165, 1.54) is 12.8 Å². The van der Waals surface area contributed by atoms with Gasteiger partial charge in [-0.2, -0.15) is 0 Å². The van der Waals surface area contributed by atoms with Crippen molar-refractivity contribution < 1.29 is 19.0 Å². The van der Waals surface area contributed by atoms with Gasteiger partial charge in [-0.15, -0.1) is 0 Å². The molecule has 6 nitrogen and oxygen atoms in total. The summed E-state index contributed by atoms with van der Waals surface area (Å²) in [6.07, 6.45) is 12.9. The molecule has 192 valence electrons. The standard InChI is InChI=1S/2C15H19NO2/c1-14(2)5-7-15(8-6-14)12-11(17-12)10-4-3-9-16-13(10)18-15;1-14(2)5-7-15(8-6-14)12(17)10-11-4-3-9-16-13(11)18-15/h3-4,9,11-12H,5-8H2,1-2H3;3-4,9H,5-8,10H2,1-2H3. The monoisotopic (exact) mass is 490 g/mol. The molecular weight excluding hydrogens is 452 g/mol. The van der Waals surface area contributed by atoms with Crippen LogP contribution in [0.5, 0.6) is 11.8 Å². The molecule has 0 radical (unpaired) electrons. The number of aromatic nitrogens is 2. The van der Waals surface area contributed by atoms with E-state index in [0.29, 0.717) is 23.1 Å². The van der Waals surface area contributed by atoms with E-state index < -0.39 is 5.60 Å². The van der Waals surface area contributed by atoms with Gasteiger partial charge >= 0.3 is 0 Å². The summed E-state index contributed by atoms with van der Waals surface area (Å²) < 4.78 is 18.2. The summed E-state index contributed by atoms with van der Waals surface area (Å²) in [5.74, 6) is 1.70. The first kappa shape index (κ1) is 23.9. The van der Waals surface area contributed by atoms with E-state index >= 15 is 0 Å². The fraction of sp³-hybridized carbons (Fsp3) is 0.633. The highest BCUT2D eigenvalue weighted by molar-refractivity contribution is 5.91. The number of nitrogens with zero attached hydrogens (tertiary/aromatic N) is 2. The maximum atomic E-state index is 12.4. The van der Waals surface area contributed by atoms with Crippen molar-refractivity contribution in [1.29, 1.82) is 0 Å². The van der Waals surface area contributed by atoms with Gasteiger partial charge in [0.1, 0.15) is 17.8 Å². The number of ketones is 1. The highest BCUT2D eigenvalue weighted by Gasteiger charge is 2.62. The number of hydrogen-bond donors (Lipinski definition) is 0. The minimum Gasteiger partial charge on any atom is -0.468 e. The lowest BCUT2D eigenvalue weighted by molar-refractivity contribution is -0.141. The van der Waals surface area contributed by atoms with Gasteiger partial charge in [-0.1, -0.05) is 33.8 Å². The number of Topliss-reactive ketones (excluding diaryl/α,β-unsaturated/α-hetero) is 1. The summed E-state index contributed by atoms with van der Waals surface area (Å²) in [6.45, 7) is 9.22. The fourth-order valence-electron chi connectivity index (χ4n) is 6.38. The van der Waals surface area contributed by atoms with Crippen LogP contribution in [-0.2, 0) is 16.0 Å². The van der Waals surface area contributed by atoms with E-state index in [2.05, 4.69) is 43.7 Å². The van der Waals surface area contributed by atoms with E-state index in [4.69, 9.17) is 14.2 Å². The molecular formula is C30H38N2O4. The van der Waals surface area contributed by atoms with Gasteiger partial charge in [-0.3, -0.25) is 4.79 Å². The van der Waals surface area contributed by atoms with Crippen molar-refractivity contribution in [3.05, 3.63) is 47.8 Å². The van der Waals surface area contributed by atoms with Crippen molar-refractivity contribution in [2.75, 3.05) is 0 Å². The second kappa shape index (κ2) is 8.27. The second-order valence-electron chi connectivity index (χ2n) is 13.0. The normalized spacial score (nSPS) is 29.4. The second-order valence-corrected chi connectivity index (χ2v) is 13.0. The third-order valence-corrected chi connectivity index (χ3v) is 9.28. The Morgan fingerprint density at radius 2 is 1.39 bits per heavy atom. The molecule has 36 heavy (non-hydrogen) atoms. The first-order valence-electron chi connectivity index (χ1n) is 13.6. The predicted octanol–water partition coefficient (Wildman–Crippen LogP) is 6.18. The molecule has 0 aromatic carbocycles. The Hall–Kier alpha value is -2.47. The molecule has 2 saturated carbocycles. The number of carbonyl (C=O) groups excluding carboxylic acids is 1. The van der Waals surface area contributed by atoms with Crippen molar-refractivity contribution in [2.45, 2.75) is 109 Å². The van der Waals surface area contributed by atoms with Crippen molar-refractivity contribution >= 4 is 5.78 Å². The summed E-state index contributed by atoms with van der Waals surface area (Å²) in [7, 11) is 0. The Labute approximate surface area is 214 Å². The molecule has 2 atom stereocenters. The van der Waals surface area contributed by atoms with Crippen molar-refractivity contribution in [1.82, 2.24) is 9.97 Å². The zero-order valence-electron chi connectivity index (χ0n) is 22.0. The van der Waals surface area contributed by atoms with E-state index in [0.717, 1.165) is 55.5 Å². The van der Waals surface area contributed by atoms with Crippen LogP contribution in [0.3, 0.4) is 0 Å². The molecule has 6 heteroatoms. The topological polar surface area (TPSA) is 73.8 Å². The van der Waals surface area contributed by atoms with Crippen LogP contribution in [0.4, 0.5) is 0 Å². The number of hydrogen-bond acceptors (Lipinski definition) is 6. The summed E-state index contributed by atoms with van der Waals surface area (Å²) in [5.41, 5.74) is 2.16. The van der Waals surface area contributed by atoms with E-state index in [-0.39, 0.29) is 23.6 Å². The summed E-state index contributed by atoms with van der Waals surface area (Å²) >= 11 is 0. The van der Waals surface area contributed by atoms with Crippen LogP contribution < -0.4 is 9.47 Å². The van der Waals surface area contributed by atoms with Crippen molar-refractivity contribution in [3.63, 3.8) is 0 Å². The van der Waals surface area contributed by atoms with Gasteiger partial charge in [0.25, 0.3) is 0 Å². The molecule has 0 bridgehead atoms. The van der Waals surface area contributed by atoms with Crippen LogP contribution in [0, 0.1) is 10.8 Å². The molecule has 2 aromatic rings. The first-order valence-corrected chi connectivity index (χ1v) is 13.6. The lowest BCUT2D eigenvalue weighted by Gasteiger charge is -2.44. The average Bonchev–Trinajstić information content (AvgIpc) is 3.67. The molecule has 3 aliphatic heterocycles. The maximum Gasteiger partial charge on any atom is 0.219 e. The van der Waals surface area contributed by atoms with Gasteiger partial charge in [0.2, 0.25) is 11.8 Å². The van der Waals surface area contributed by atoms with Crippen LogP contribution in [0.2, 0.25) is 0 Å². The Balaban J connectivity index is 0.000000133. The van der Waals surface area contributed by atoms with E-state index in [1.54, 1.807) is 6.20 Å². The van der Waals surface area contributed by atoms with Crippen LogP contribution in [0.1, 0.15) is 96.3 Å². The van der Waals surface area contributed by atoms with Gasteiger partial charge in [0.05, 0.1) is 0 Å². The molecule has 5 aliphatic rings. The van der Waals surface area contributed by atoms with Crippen molar-refractivity contribution in [3.8, 4) is 11.8 Å². The minimum absolute atomic E-state index is 0.0957. The van der Waals surface area contributed by atoms with E-state index in [9.17, 15) is 4.79 Å². The Morgan fingerprint density at radius 1 is 0.778 bits per heavy atom. The number of carbonyl (C=O) groups is 1. The number of epoxide rings is 1. The number of fused-ring (bicyclic) bond motifs is 5. The number of rotatable bonds is 0. The molecule has 0 N–H and O–H groups in total. The third kappa shape index (κ3) is 4.21. The highest BCUT2D eigenvalue weighted by Crippen LogP contribution is 2.58. The molecule has 5 heterocycles. The number of pyridine rings is 2. The van der Waals surface area contributed by atoms with Crippen molar-refractivity contribution in [2.24, 2.45) is 10.8 Å². The molecule has 0 amide bonds. The molecule has 2 spiro atoms.